The van der Waals surface area contributed by atoms with Crippen molar-refractivity contribution in [2.45, 2.75) is 71.1 Å². The molecule has 0 nitrogen and oxygen atoms in total. The molecule has 1 aromatic heterocycles. The molecule has 0 aliphatic heterocycles. The Hall–Kier alpha value is -0.0100. The van der Waals surface area contributed by atoms with E-state index in [1.54, 1.807) is 0 Å². The maximum atomic E-state index is 6.76. The first-order chi connectivity index (χ1) is 9.11. The van der Waals surface area contributed by atoms with Crippen molar-refractivity contribution in [3.8, 4) is 0 Å². The van der Waals surface area contributed by atoms with Gasteiger partial charge in [0, 0.05) is 9.75 Å². The molecule has 2 heteroatoms. The van der Waals surface area contributed by atoms with E-state index in [0.717, 1.165) is 5.92 Å². The Balaban J connectivity index is 1.89. The van der Waals surface area contributed by atoms with Crippen LogP contribution >= 0.6 is 22.9 Å². The van der Waals surface area contributed by atoms with Crippen LogP contribution in [-0.2, 0) is 0 Å². The zero-order valence-corrected chi connectivity index (χ0v) is 14.1. The normalized spacial score (nSPS) is 25.5. The molecule has 1 saturated carbocycles. The molecular formula is C17H27ClS. The van der Waals surface area contributed by atoms with E-state index in [4.69, 9.17) is 11.6 Å². The summed E-state index contributed by atoms with van der Waals surface area (Å²) in [7, 11) is 0. The van der Waals surface area contributed by atoms with Gasteiger partial charge in [-0.1, -0.05) is 39.0 Å². The van der Waals surface area contributed by atoms with E-state index in [0.29, 0.717) is 5.92 Å². The minimum atomic E-state index is 0.247. The fourth-order valence-electron chi connectivity index (χ4n) is 3.44. The van der Waals surface area contributed by atoms with E-state index in [9.17, 15) is 0 Å². The van der Waals surface area contributed by atoms with E-state index >= 15 is 0 Å². The van der Waals surface area contributed by atoms with Gasteiger partial charge in [0.05, 0.1) is 5.38 Å². The van der Waals surface area contributed by atoms with Gasteiger partial charge < -0.3 is 0 Å². The summed E-state index contributed by atoms with van der Waals surface area (Å²) in [5, 5.41) is 0.247. The van der Waals surface area contributed by atoms with Crippen molar-refractivity contribution in [1.29, 1.82) is 0 Å². The van der Waals surface area contributed by atoms with Crippen LogP contribution < -0.4 is 0 Å². The predicted octanol–water partition coefficient (Wildman–Crippen LogP) is 6.64. The Labute approximate surface area is 127 Å². The van der Waals surface area contributed by atoms with Crippen LogP contribution in [0.25, 0.3) is 0 Å². The van der Waals surface area contributed by atoms with E-state index in [2.05, 4.69) is 26.8 Å². The maximum absolute atomic E-state index is 6.76. The van der Waals surface area contributed by atoms with Crippen LogP contribution in [0.3, 0.4) is 0 Å². The van der Waals surface area contributed by atoms with Gasteiger partial charge >= 0.3 is 0 Å². The molecule has 1 aromatic rings. The third-order valence-corrected chi connectivity index (χ3v) is 6.22. The summed E-state index contributed by atoms with van der Waals surface area (Å²) < 4.78 is 0. The molecule has 19 heavy (non-hydrogen) atoms. The molecule has 1 aliphatic rings. The lowest BCUT2D eigenvalue weighted by Crippen LogP contribution is -2.18. The molecular weight excluding hydrogens is 272 g/mol. The van der Waals surface area contributed by atoms with Gasteiger partial charge in [0.1, 0.15) is 0 Å². The molecule has 0 bridgehead atoms. The molecule has 0 amide bonds. The molecule has 0 aromatic carbocycles. The van der Waals surface area contributed by atoms with Crippen molar-refractivity contribution in [3.05, 3.63) is 21.4 Å². The summed E-state index contributed by atoms with van der Waals surface area (Å²) in [5.41, 5.74) is 1.40. The Bertz CT molecular complexity index is 388. The number of alkyl halides is 1. The van der Waals surface area contributed by atoms with Crippen molar-refractivity contribution in [2.75, 3.05) is 0 Å². The van der Waals surface area contributed by atoms with E-state index in [1.807, 2.05) is 11.3 Å². The van der Waals surface area contributed by atoms with Crippen LogP contribution in [0.5, 0.6) is 0 Å². The van der Waals surface area contributed by atoms with Crippen LogP contribution in [0.2, 0.25) is 0 Å². The Morgan fingerprint density at radius 3 is 2.47 bits per heavy atom. The number of hydrogen-bond acceptors (Lipinski definition) is 1. The van der Waals surface area contributed by atoms with E-state index < -0.39 is 0 Å². The highest BCUT2D eigenvalue weighted by molar-refractivity contribution is 7.12. The molecule has 1 unspecified atom stereocenters. The van der Waals surface area contributed by atoms with Crippen LogP contribution in [0, 0.1) is 25.7 Å². The first-order valence-corrected chi connectivity index (χ1v) is 9.08. The predicted molar refractivity (Wildman–Crippen MR) is 87.4 cm³/mol. The van der Waals surface area contributed by atoms with Crippen LogP contribution in [0.15, 0.2) is 6.07 Å². The summed E-state index contributed by atoms with van der Waals surface area (Å²) in [6, 6.07) is 2.31. The number of hydrogen-bond donors (Lipinski definition) is 0. The smallest absolute Gasteiger partial charge is 0.0624 e. The average molecular weight is 299 g/mol. The molecule has 1 atom stereocenters. The second-order valence-electron chi connectivity index (χ2n) is 6.19. The molecule has 108 valence electrons. The summed E-state index contributed by atoms with van der Waals surface area (Å²) in [6.07, 6.45) is 9.64. The molecule has 2 rings (SSSR count). The second-order valence-corrected chi connectivity index (χ2v) is 8.12. The molecule has 1 aliphatic carbocycles. The molecule has 0 radical (unpaired) electrons. The molecule has 0 spiro atoms. The number of unbranched alkanes of at least 4 members (excludes halogenated alkanes) is 1. The Kier molecular flexibility index (Phi) is 5.77. The van der Waals surface area contributed by atoms with E-state index in [-0.39, 0.29) is 5.38 Å². The van der Waals surface area contributed by atoms with Gasteiger partial charge in [0.25, 0.3) is 0 Å². The highest BCUT2D eigenvalue weighted by atomic mass is 35.5. The van der Waals surface area contributed by atoms with Crippen LogP contribution in [0.4, 0.5) is 0 Å². The summed E-state index contributed by atoms with van der Waals surface area (Å²) >= 11 is 8.65. The van der Waals surface area contributed by atoms with E-state index in [1.165, 1.54) is 60.3 Å². The van der Waals surface area contributed by atoms with Crippen molar-refractivity contribution < 1.29 is 0 Å². The van der Waals surface area contributed by atoms with Crippen molar-refractivity contribution in [3.63, 3.8) is 0 Å². The van der Waals surface area contributed by atoms with Crippen LogP contribution in [0.1, 0.15) is 72.6 Å². The second kappa shape index (κ2) is 7.13. The minimum absolute atomic E-state index is 0.247. The van der Waals surface area contributed by atoms with Gasteiger partial charge in [-0.3, -0.25) is 0 Å². The lowest BCUT2D eigenvalue weighted by Gasteiger charge is -2.31. The Morgan fingerprint density at radius 2 is 1.95 bits per heavy atom. The zero-order chi connectivity index (χ0) is 13.8. The summed E-state index contributed by atoms with van der Waals surface area (Å²) in [6.45, 7) is 6.70. The lowest BCUT2D eigenvalue weighted by molar-refractivity contribution is 0.254. The highest BCUT2D eigenvalue weighted by Gasteiger charge is 2.28. The standard InChI is InChI=1S/C17H27ClS/c1-4-5-6-14-7-9-15(10-8-14)17(18)16-11-12(2)19-13(16)3/h11,14-15,17H,4-10H2,1-3H3. The number of aryl methyl sites for hydroxylation is 2. The number of halogens is 1. The van der Waals surface area contributed by atoms with Crippen LogP contribution in [-0.4, -0.2) is 0 Å². The van der Waals surface area contributed by atoms with Gasteiger partial charge in [0.15, 0.2) is 0 Å². The monoisotopic (exact) mass is 298 g/mol. The fraction of sp³-hybridized carbons (Fsp3) is 0.765. The Morgan fingerprint density at radius 1 is 1.26 bits per heavy atom. The van der Waals surface area contributed by atoms with Gasteiger partial charge in [-0.2, -0.15) is 0 Å². The zero-order valence-electron chi connectivity index (χ0n) is 12.5. The summed E-state index contributed by atoms with van der Waals surface area (Å²) in [5.74, 6) is 1.68. The van der Waals surface area contributed by atoms with Gasteiger partial charge in [-0.25, -0.2) is 0 Å². The minimum Gasteiger partial charge on any atom is -0.146 e. The largest absolute Gasteiger partial charge is 0.146 e. The summed E-state index contributed by atoms with van der Waals surface area (Å²) in [4.78, 5) is 2.82. The van der Waals surface area contributed by atoms with Crippen molar-refractivity contribution in [1.82, 2.24) is 0 Å². The molecule has 1 fully saturated rings. The quantitative estimate of drug-likeness (QED) is 0.534. The molecule has 1 heterocycles. The van der Waals surface area contributed by atoms with Gasteiger partial charge in [-0.05, 0) is 50.2 Å². The molecule has 0 saturated heterocycles. The molecule has 0 N–H and O–H groups in total. The van der Waals surface area contributed by atoms with Crippen molar-refractivity contribution >= 4 is 22.9 Å². The first-order valence-electron chi connectivity index (χ1n) is 7.82. The average Bonchev–Trinajstić information content (AvgIpc) is 2.75. The van der Waals surface area contributed by atoms with Gasteiger partial charge in [-0.15, -0.1) is 22.9 Å². The number of rotatable bonds is 5. The fourth-order valence-corrected chi connectivity index (χ4v) is 4.96. The van der Waals surface area contributed by atoms with Gasteiger partial charge in [0.2, 0.25) is 0 Å². The highest BCUT2D eigenvalue weighted by Crippen LogP contribution is 2.43. The third kappa shape index (κ3) is 3.98. The topological polar surface area (TPSA) is 0 Å². The first kappa shape index (κ1) is 15.4. The SMILES string of the molecule is CCCCC1CCC(C(Cl)c2cc(C)sc2C)CC1. The number of thiophene rings is 1. The maximum Gasteiger partial charge on any atom is 0.0624 e. The third-order valence-electron chi connectivity index (χ3n) is 4.65. The lowest BCUT2D eigenvalue weighted by atomic mass is 9.77. The van der Waals surface area contributed by atoms with Crippen molar-refractivity contribution in [2.24, 2.45) is 11.8 Å².